The molecule has 0 saturated carbocycles. The molecular formula is C22H22N4O4. The van der Waals surface area contributed by atoms with Crippen LogP contribution in [-0.2, 0) is 11.2 Å². The number of carbonyl (C=O) groups is 3. The van der Waals surface area contributed by atoms with Gasteiger partial charge in [0.2, 0.25) is 0 Å². The van der Waals surface area contributed by atoms with Crippen molar-refractivity contribution in [1.82, 2.24) is 14.6 Å². The van der Waals surface area contributed by atoms with E-state index in [2.05, 4.69) is 15.4 Å². The maximum atomic E-state index is 12.9. The number of aromatic nitrogens is 3. The topological polar surface area (TPSA) is 103 Å². The number of Topliss-reactive ketones (excluding diaryl/α,β-unsaturated/α-hetero) is 1. The lowest BCUT2D eigenvalue weighted by Gasteiger charge is -2.29. The fourth-order valence-corrected chi connectivity index (χ4v) is 3.72. The molecule has 8 heteroatoms. The van der Waals surface area contributed by atoms with Gasteiger partial charge in [0.05, 0.1) is 29.6 Å². The fraction of sp³-hybridized carbons (Fsp3) is 0.318. The Morgan fingerprint density at radius 2 is 2.03 bits per heavy atom. The Kier molecular flexibility index (Phi) is 4.85. The summed E-state index contributed by atoms with van der Waals surface area (Å²) < 4.78 is 6.58. The van der Waals surface area contributed by atoms with Gasteiger partial charge in [0, 0.05) is 18.3 Å². The lowest BCUT2D eigenvalue weighted by Crippen LogP contribution is -2.29. The van der Waals surface area contributed by atoms with Crippen LogP contribution in [0, 0.1) is 5.41 Å². The van der Waals surface area contributed by atoms with Crippen molar-refractivity contribution in [2.24, 2.45) is 5.41 Å². The van der Waals surface area contributed by atoms with Crippen molar-refractivity contribution in [3.63, 3.8) is 0 Å². The second kappa shape index (κ2) is 7.37. The summed E-state index contributed by atoms with van der Waals surface area (Å²) >= 11 is 0. The maximum Gasteiger partial charge on any atom is 0.338 e. The van der Waals surface area contributed by atoms with Crippen molar-refractivity contribution in [2.45, 2.75) is 33.6 Å². The average Bonchev–Trinajstić information content (AvgIpc) is 3.12. The van der Waals surface area contributed by atoms with Gasteiger partial charge in [-0.25, -0.2) is 14.3 Å². The van der Waals surface area contributed by atoms with Crippen LogP contribution in [0.5, 0.6) is 0 Å². The second-order valence-corrected chi connectivity index (χ2v) is 8.11. The predicted molar refractivity (Wildman–Crippen MR) is 110 cm³/mol. The summed E-state index contributed by atoms with van der Waals surface area (Å²) in [5.74, 6) is -0.821. The molecule has 1 N–H and O–H groups in total. The van der Waals surface area contributed by atoms with Gasteiger partial charge in [-0.05, 0) is 37.0 Å². The SMILES string of the molecule is CCOC(=O)c1cccc(NC(=O)c2cnn3c4c(cnc23)C(=O)CC(C)(C)C4)c1. The van der Waals surface area contributed by atoms with E-state index in [9.17, 15) is 14.4 Å². The van der Waals surface area contributed by atoms with Crippen LogP contribution in [0.4, 0.5) is 5.69 Å². The van der Waals surface area contributed by atoms with Crippen LogP contribution >= 0.6 is 0 Å². The highest BCUT2D eigenvalue weighted by Crippen LogP contribution is 2.34. The van der Waals surface area contributed by atoms with Gasteiger partial charge in [0.25, 0.3) is 5.91 Å². The molecule has 4 rings (SSSR count). The third kappa shape index (κ3) is 3.56. The smallest absolute Gasteiger partial charge is 0.338 e. The zero-order chi connectivity index (χ0) is 21.5. The van der Waals surface area contributed by atoms with E-state index in [-0.39, 0.29) is 23.4 Å². The minimum atomic E-state index is -0.454. The standard InChI is InChI=1S/C22H22N4O4/c1-4-30-21(29)13-6-5-7-14(8-13)25-20(28)16-12-24-26-17-9-22(2,3)10-18(27)15(17)11-23-19(16)26/h5-8,11-12H,4,9-10H2,1-3H3,(H,25,28). The average molecular weight is 406 g/mol. The summed E-state index contributed by atoms with van der Waals surface area (Å²) in [6.07, 6.45) is 4.09. The lowest BCUT2D eigenvalue weighted by atomic mass is 9.76. The monoisotopic (exact) mass is 406 g/mol. The predicted octanol–water partition coefficient (Wildman–Crippen LogP) is 3.31. The number of carbonyl (C=O) groups excluding carboxylic acids is 3. The Balaban J connectivity index is 1.65. The van der Waals surface area contributed by atoms with Gasteiger partial charge in [-0.2, -0.15) is 5.10 Å². The number of ketones is 1. The Hall–Kier alpha value is -3.55. The van der Waals surface area contributed by atoms with Crippen molar-refractivity contribution in [3.05, 3.63) is 59.0 Å². The number of nitrogens with zero attached hydrogens (tertiary/aromatic N) is 3. The number of esters is 1. The molecule has 154 valence electrons. The van der Waals surface area contributed by atoms with Gasteiger partial charge in [-0.15, -0.1) is 0 Å². The second-order valence-electron chi connectivity index (χ2n) is 8.11. The molecule has 0 bridgehead atoms. The Labute approximate surface area is 173 Å². The van der Waals surface area contributed by atoms with E-state index in [0.717, 1.165) is 5.69 Å². The summed E-state index contributed by atoms with van der Waals surface area (Å²) in [5, 5.41) is 7.10. The van der Waals surface area contributed by atoms with Crippen LogP contribution in [0.15, 0.2) is 36.7 Å². The summed E-state index contributed by atoms with van der Waals surface area (Å²) in [7, 11) is 0. The first-order chi connectivity index (χ1) is 14.3. The van der Waals surface area contributed by atoms with Crippen molar-refractivity contribution in [2.75, 3.05) is 11.9 Å². The molecule has 0 spiro atoms. The van der Waals surface area contributed by atoms with Crippen molar-refractivity contribution < 1.29 is 19.1 Å². The summed E-state index contributed by atoms with van der Waals surface area (Å²) in [4.78, 5) is 41.6. The van der Waals surface area contributed by atoms with Gasteiger partial charge in [-0.3, -0.25) is 9.59 Å². The third-order valence-electron chi connectivity index (χ3n) is 5.09. The van der Waals surface area contributed by atoms with Crippen molar-refractivity contribution >= 4 is 29.0 Å². The fourth-order valence-electron chi connectivity index (χ4n) is 3.72. The number of rotatable bonds is 4. The molecule has 0 radical (unpaired) electrons. The molecule has 0 unspecified atom stereocenters. The van der Waals surface area contributed by atoms with Gasteiger partial charge in [0.1, 0.15) is 5.56 Å². The van der Waals surface area contributed by atoms with Crippen LogP contribution in [0.2, 0.25) is 0 Å². The Bertz CT molecular complexity index is 1180. The molecule has 2 heterocycles. The molecule has 1 aromatic carbocycles. The molecule has 1 amide bonds. The van der Waals surface area contributed by atoms with Gasteiger partial charge < -0.3 is 10.1 Å². The zero-order valence-corrected chi connectivity index (χ0v) is 17.1. The molecule has 1 aliphatic rings. The lowest BCUT2D eigenvalue weighted by molar-refractivity contribution is 0.0526. The zero-order valence-electron chi connectivity index (χ0n) is 17.1. The van der Waals surface area contributed by atoms with E-state index in [0.29, 0.717) is 35.3 Å². The number of anilines is 1. The van der Waals surface area contributed by atoms with Crippen molar-refractivity contribution in [3.8, 4) is 0 Å². The number of ether oxygens (including phenoxy) is 1. The summed E-state index contributed by atoms with van der Waals surface area (Å²) in [6.45, 7) is 6.07. The first kappa shape index (κ1) is 19.8. The molecule has 0 saturated heterocycles. The quantitative estimate of drug-likeness (QED) is 0.667. The molecule has 8 nitrogen and oxygen atoms in total. The van der Waals surface area contributed by atoms with Crippen LogP contribution in [0.1, 0.15) is 64.0 Å². The van der Waals surface area contributed by atoms with Gasteiger partial charge in [0.15, 0.2) is 11.4 Å². The van der Waals surface area contributed by atoms with E-state index in [1.807, 2.05) is 13.8 Å². The van der Waals surface area contributed by atoms with Gasteiger partial charge in [-0.1, -0.05) is 19.9 Å². The van der Waals surface area contributed by atoms with Crippen LogP contribution in [-0.4, -0.2) is 38.9 Å². The van der Waals surface area contributed by atoms with E-state index in [1.165, 1.54) is 12.4 Å². The Morgan fingerprint density at radius 3 is 2.80 bits per heavy atom. The highest BCUT2D eigenvalue weighted by atomic mass is 16.5. The highest BCUT2D eigenvalue weighted by molar-refractivity contribution is 6.08. The number of hydrogen-bond donors (Lipinski definition) is 1. The van der Waals surface area contributed by atoms with Crippen LogP contribution in [0.25, 0.3) is 5.65 Å². The minimum absolute atomic E-state index is 0.0351. The van der Waals surface area contributed by atoms with Gasteiger partial charge >= 0.3 is 5.97 Å². The van der Waals surface area contributed by atoms with E-state index < -0.39 is 11.9 Å². The Morgan fingerprint density at radius 1 is 1.23 bits per heavy atom. The number of hydrogen-bond acceptors (Lipinski definition) is 6. The molecular weight excluding hydrogens is 384 g/mol. The van der Waals surface area contributed by atoms with E-state index >= 15 is 0 Å². The molecule has 0 aliphatic heterocycles. The number of amides is 1. The normalized spacial score (nSPS) is 15.0. The maximum absolute atomic E-state index is 12.9. The molecule has 1 aliphatic carbocycles. The minimum Gasteiger partial charge on any atom is -0.462 e. The molecule has 30 heavy (non-hydrogen) atoms. The van der Waals surface area contributed by atoms with Crippen LogP contribution < -0.4 is 5.32 Å². The molecule has 0 fully saturated rings. The van der Waals surface area contributed by atoms with Crippen molar-refractivity contribution in [1.29, 1.82) is 0 Å². The summed E-state index contributed by atoms with van der Waals surface area (Å²) in [6, 6.07) is 6.52. The van der Waals surface area contributed by atoms with E-state index in [1.54, 1.807) is 35.7 Å². The third-order valence-corrected chi connectivity index (χ3v) is 5.09. The first-order valence-electron chi connectivity index (χ1n) is 9.76. The van der Waals surface area contributed by atoms with E-state index in [4.69, 9.17) is 4.74 Å². The highest BCUT2D eigenvalue weighted by Gasteiger charge is 2.33. The number of benzene rings is 1. The van der Waals surface area contributed by atoms with Crippen LogP contribution in [0.3, 0.4) is 0 Å². The molecule has 3 aromatic rings. The first-order valence-corrected chi connectivity index (χ1v) is 9.76. The molecule has 2 aromatic heterocycles. The largest absolute Gasteiger partial charge is 0.462 e. The number of nitrogens with one attached hydrogen (secondary N) is 1. The summed E-state index contributed by atoms with van der Waals surface area (Å²) in [5.41, 5.74) is 2.62. The molecule has 0 atom stereocenters. The number of fused-ring (bicyclic) bond motifs is 3.